The normalized spacial score (nSPS) is 11.8. The van der Waals surface area contributed by atoms with E-state index in [-0.39, 0.29) is 6.07 Å². The first-order valence-corrected chi connectivity index (χ1v) is 4.78. The van der Waals surface area contributed by atoms with E-state index in [1.54, 1.807) is 0 Å². The van der Waals surface area contributed by atoms with Crippen LogP contribution in [-0.4, -0.2) is 18.1 Å². The molecule has 0 bridgehead atoms. The molecule has 0 radical (unpaired) electrons. The number of nitrogens with zero attached hydrogens (tertiary/aromatic N) is 1. The summed E-state index contributed by atoms with van der Waals surface area (Å²) in [5.41, 5.74) is -3.92. The Morgan fingerprint density at radius 3 is 2.42 bits per heavy atom. The van der Waals surface area contributed by atoms with Crippen molar-refractivity contribution >= 4 is 5.97 Å². The van der Waals surface area contributed by atoms with Crippen molar-refractivity contribution in [2.45, 2.75) is 19.0 Å². The molecule has 0 amide bonds. The maximum Gasteiger partial charge on any atom is 0.433 e. The van der Waals surface area contributed by atoms with Crippen LogP contribution in [0.2, 0.25) is 0 Å². The second kappa shape index (κ2) is 5.45. The molecule has 0 spiro atoms. The third kappa shape index (κ3) is 3.58. The zero-order valence-electron chi connectivity index (χ0n) is 9.39. The molecule has 1 aromatic heterocycles. The quantitative estimate of drug-likeness (QED) is 0.487. The molecular formula is C10H7F6NO2. The second-order valence-electron chi connectivity index (χ2n) is 3.42. The van der Waals surface area contributed by atoms with Crippen molar-refractivity contribution in [3.8, 4) is 0 Å². The second-order valence-corrected chi connectivity index (χ2v) is 3.42. The van der Waals surface area contributed by atoms with Crippen LogP contribution in [0.3, 0.4) is 0 Å². The fraction of sp³-hybridized carbons (Fsp3) is 0.400. The minimum Gasteiger partial charge on any atom is -0.469 e. The standard InChI is InChI=1S/C10H7F6NO2/c1-19-7(18)3-5-4(8(11)12)2-6(10(14,15)16)17-9(5)13/h2,8H,3H2,1H3. The molecule has 0 N–H and O–H groups in total. The van der Waals surface area contributed by atoms with Gasteiger partial charge in [0.1, 0.15) is 5.69 Å². The molecule has 9 heteroatoms. The van der Waals surface area contributed by atoms with E-state index < -0.39 is 47.8 Å². The van der Waals surface area contributed by atoms with Crippen molar-refractivity contribution in [2.24, 2.45) is 0 Å². The summed E-state index contributed by atoms with van der Waals surface area (Å²) >= 11 is 0. The number of esters is 1. The van der Waals surface area contributed by atoms with E-state index in [4.69, 9.17) is 0 Å². The fourth-order valence-electron chi connectivity index (χ4n) is 1.29. The van der Waals surface area contributed by atoms with Crippen LogP contribution in [0.4, 0.5) is 26.3 Å². The van der Waals surface area contributed by atoms with Crippen LogP contribution in [-0.2, 0) is 22.1 Å². The van der Waals surface area contributed by atoms with E-state index >= 15 is 0 Å². The van der Waals surface area contributed by atoms with Gasteiger partial charge in [0, 0.05) is 11.1 Å². The Hall–Kier alpha value is -1.80. The van der Waals surface area contributed by atoms with Gasteiger partial charge in [0.15, 0.2) is 0 Å². The van der Waals surface area contributed by atoms with Gasteiger partial charge in [0.2, 0.25) is 5.95 Å². The molecule has 106 valence electrons. The highest BCUT2D eigenvalue weighted by atomic mass is 19.4. The number of aromatic nitrogens is 1. The summed E-state index contributed by atoms with van der Waals surface area (Å²) in [6.07, 6.45) is -9.36. The van der Waals surface area contributed by atoms with Crippen molar-refractivity contribution in [3.05, 3.63) is 28.8 Å². The predicted octanol–water partition coefficient (Wildman–Crippen LogP) is 2.89. The molecule has 0 saturated heterocycles. The van der Waals surface area contributed by atoms with E-state index in [0.29, 0.717) is 0 Å². The topological polar surface area (TPSA) is 39.2 Å². The number of rotatable bonds is 3. The van der Waals surface area contributed by atoms with Gasteiger partial charge in [-0.25, -0.2) is 13.8 Å². The summed E-state index contributed by atoms with van der Waals surface area (Å²) in [6, 6.07) is 0.0199. The van der Waals surface area contributed by atoms with E-state index in [9.17, 15) is 31.1 Å². The minimum atomic E-state index is -5.06. The average molecular weight is 287 g/mol. The Balaban J connectivity index is 3.35. The van der Waals surface area contributed by atoms with Gasteiger partial charge in [-0.3, -0.25) is 4.79 Å². The lowest BCUT2D eigenvalue weighted by atomic mass is 10.1. The number of pyridine rings is 1. The number of hydrogen-bond donors (Lipinski definition) is 0. The summed E-state index contributed by atoms with van der Waals surface area (Å²) < 4.78 is 79.6. The van der Waals surface area contributed by atoms with Crippen molar-refractivity contribution in [1.29, 1.82) is 0 Å². The summed E-state index contributed by atoms with van der Waals surface area (Å²) in [4.78, 5) is 13.4. The largest absolute Gasteiger partial charge is 0.469 e. The van der Waals surface area contributed by atoms with Crippen LogP contribution in [0.25, 0.3) is 0 Å². The summed E-state index contributed by atoms with van der Waals surface area (Å²) in [5.74, 6) is -2.84. The fourth-order valence-corrected chi connectivity index (χ4v) is 1.29. The third-order valence-corrected chi connectivity index (χ3v) is 2.18. The Labute approximate surface area is 103 Å². The van der Waals surface area contributed by atoms with Crippen LogP contribution in [0.15, 0.2) is 6.07 Å². The van der Waals surface area contributed by atoms with Crippen LogP contribution in [0.1, 0.15) is 23.2 Å². The van der Waals surface area contributed by atoms with Crippen molar-refractivity contribution in [2.75, 3.05) is 7.11 Å². The molecule has 1 rings (SSSR count). The number of ether oxygens (including phenoxy) is 1. The molecule has 0 unspecified atom stereocenters. The minimum absolute atomic E-state index is 0.0199. The molecule has 0 aliphatic rings. The molecule has 0 saturated carbocycles. The Kier molecular flexibility index (Phi) is 4.38. The van der Waals surface area contributed by atoms with Gasteiger partial charge in [-0.05, 0) is 6.07 Å². The number of alkyl halides is 5. The Bertz CT molecular complexity index is 486. The van der Waals surface area contributed by atoms with Crippen molar-refractivity contribution in [1.82, 2.24) is 4.98 Å². The predicted molar refractivity (Wildman–Crippen MR) is 49.9 cm³/mol. The van der Waals surface area contributed by atoms with Crippen LogP contribution < -0.4 is 0 Å². The molecule has 0 aliphatic carbocycles. The number of carbonyl (C=O) groups is 1. The van der Waals surface area contributed by atoms with E-state index in [1.807, 2.05) is 0 Å². The lowest BCUT2D eigenvalue weighted by Crippen LogP contribution is -2.15. The van der Waals surface area contributed by atoms with Gasteiger partial charge in [0.05, 0.1) is 13.5 Å². The number of methoxy groups -OCH3 is 1. The first kappa shape index (κ1) is 15.3. The van der Waals surface area contributed by atoms with E-state index in [0.717, 1.165) is 7.11 Å². The van der Waals surface area contributed by atoms with Crippen molar-refractivity contribution in [3.63, 3.8) is 0 Å². The summed E-state index contributed by atoms with van der Waals surface area (Å²) in [7, 11) is 0.930. The highest BCUT2D eigenvalue weighted by molar-refractivity contribution is 5.72. The average Bonchev–Trinajstić information content (AvgIpc) is 2.29. The molecule has 0 fully saturated rings. The lowest BCUT2D eigenvalue weighted by molar-refractivity contribution is -0.141. The third-order valence-electron chi connectivity index (χ3n) is 2.18. The Morgan fingerprint density at radius 2 is 2.00 bits per heavy atom. The molecule has 1 heterocycles. The van der Waals surface area contributed by atoms with Crippen LogP contribution >= 0.6 is 0 Å². The Morgan fingerprint density at radius 1 is 1.42 bits per heavy atom. The zero-order chi connectivity index (χ0) is 14.8. The van der Waals surface area contributed by atoms with Gasteiger partial charge < -0.3 is 4.74 Å². The van der Waals surface area contributed by atoms with Crippen LogP contribution in [0.5, 0.6) is 0 Å². The highest BCUT2D eigenvalue weighted by Crippen LogP contribution is 2.33. The smallest absolute Gasteiger partial charge is 0.433 e. The number of hydrogen-bond acceptors (Lipinski definition) is 3. The van der Waals surface area contributed by atoms with Gasteiger partial charge in [-0.2, -0.15) is 17.6 Å². The van der Waals surface area contributed by atoms with E-state index in [2.05, 4.69) is 9.72 Å². The molecular weight excluding hydrogens is 280 g/mol. The monoisotopic (exact) mass is 287 g/mol. The first-order chi connectivity index (χ1) is 8.66. The molecule has 3 nitrogen and oxygen atoms in total. The molecule has 1 aromatic rings. The van der Waals surface area contributed by atoms with Gasteiger partial charge in [-0.15, -0.1) is 0 Å². The SMILES string of the molecule is COC(=O)Cc1c(C(F)F)cc(C(F)(F)F)nc1F. The molecule has 0 atom stereocenters. The van der Waals surface area contributed by atoms with Gasteiger partial charge in [0.25, 0.3) is 6.43 Å². The maximum atomic E-state index is 13.3. The summed E-state index contributed by atoms with van der Waals surface area (Å²) in [6.45, 7) is 0. The molecule has 0 aliphatic heterocycles. The highest BCUT2D eigenvalue weighted by Gasteiger charge is 2.35. The zero-order valence-corrected chi connectivity index (χ0v) is 9.39. The number of halogens is 6. The van der Waals surface area contributed by atoms with Crippen molar-refractivity contribution < 1.29 is 35.9 Å². The van der Waals surface area contributed by atoms with Gasteiger partial charge >= 0.3 is 12.1 Å². The first-order valence-electron chi connectivity index (χ1n) is 4.78. The number of carbonyl (C=O) groups excluding carboxylic acids is 1. The van der Waals surface area contributed by atoms with E-state index in [1.165, 1.54) is 0 Å². The summed E-state index contributed by atoms with van der Waals surface area (Å²) in [5, 5.41) is 0. The molecule has 0 aromatic carbocycles. The van der Waals surface area contributed by atoms with Crippen LogP contribution in [0, 0.1) is 5.95 Å². The van der Waals surface area contributed by atoms with Gasteiger partial charge in [-0.1, -0.05) is 0 Å². The maximum absolute atomic E-state index is 13.3. The lowest BCUT2D eigenvalue weighted by Gasteiger charge is -2.12. The molecule has 19 heavy (non-hydrogen) atoms.